The molecular weight excluding hydrogens is 258 g/mol. The monoisotopic (exact) mass is 283 g/mol. The number of nitrogens with zero attached hydrogens (tertiary/aromatic N) is 1. The molecule has 2 fully saturated rings. The average Bonchev–Trinajstić information content (AvgIpc) is 2.85. The van der Waals surface area contributed by atoms with Crippen LogP contribution in [0.2, 0.25) is 0 Å². The Morgan fingerprint density at radius 3 is 2.70 bits per heavy atom. The summed E-state index contributed by atoms with van der Waals surface area (Å²) in [6, 6.07) is 0.139. The highest BCUT2D eigenvalue weighted by atomic mass is 16.5. The summed E-state index contributed by atoms with van der Waals surface area (Å²) in [5, 5.41) is 2.75. The van der Waals surface area contributed by atoms with Crippen LogP contribution in [-0.4, -0.2) is 49.2 Å². The van der Waals surface area contributed by atoms with Crippen molar-refractivity contribution >= 4 is 12.0 Å². The van der Waals surface area contributed by atoms with Gasteiger partial charge in [0.15, 0.2) is 0 Å². The number of nitrogens with one attached hydrogen (secondary N) is 1. The molecule has 0 aromatic rings. The third-order valence-electron chi connectivity index (χ3n) is 4.34. The van der Waals surface area contributed by atoms with Crippen LogP contribution in [0.3, 0.4) is 0 Å². The summed E-state index contributed by atoms with van der Waals surface area (Å²) in [4.78, 5) is 25.6. The lowest BCUT2D eigenvalue weighted by atomic mass is 9.79. The molecule has 4 unspecified atom stereocenters. The van der Waals surface area contributed by atoms with Crippen molar-refractivity contribution < 1.29 is 14.3 Å². The second-order valence-electron chi connectivity index (χ2n) is 6.18. The maximum absolute atomic E-state index is 12.5. The van der Waals surface area contributed by atoms with Crippen molar-refractivity contribution in [3.8, 4) is 0 Å². The van der Waals surface area contributed by atoms with Crippen molar-refractivity contribution in [1.29, 1.82) is 0 Å². The number of methoxy groups -OCH3 is 1. The summed E-state index contributed by atoms with van der Waals surface area (Å²) in [6.45, 7) is 3.44. The molecule has 3 N–H and O–H groups in total. The van der Waals surface area contributed by atoms with Crippen LogP contribution in [0.15, 0.2) is 0 Å². The number of hydrogen-bond donors (Lipinski definition) is 2. The zero-order valence-electron chi connectivity index (χ0n) is 12.3. The molecule has 114 valence electrons. The Labute approximate surface area is 120 Å². The van der Waals surface area contributed by atoms with Gasteiger partial charge in [0.2, 0.25) is 5.91 Å². The molecule has 20 heavy (non-hydrogen) atoms. The van der Waals surface area contributed by atoms with Crippen LogP contribution in [0.4, 0.5) is 4.79 Å². The first-order chi connectivity index (χ1) is 9.49. The highest BCUT2D eigenvalue weighted by Gasteiger charge is 2.35. The number of ether oxygens (including phenoxy) is 1. The molecular formula is C14H25N3O3. The van der Waals surface area contributed by atoms with E-state index in [9.17, 15) is 9.59 Å². The van der Waals surface area contributed by atoms with Crippen LogP contribution in [-0.2, 0) is 9.53 Å². The van der Waals surface area contributed by atoms with Crippen molar-refractivity contribution in [3.63, 3.8) is 0 Å². The van der Waals surface area contributed by atoms with E-state index in [0.29, 0.717) is 19.0 Å². The fourth-order valence-corrected chi connectivity index (χ4v) is 3.42. The standard InChI is InChI=1S/C14H25N3O3/c1-9-5-10(7-11(15)6-9)13(18)17-4-3-12(8-17)16-14(19)20-2/h9-12H,3-8,15H2,1-2H3,(H,16,19). The Morgan fingerprint density at radius 1 is 1.30 bits per heavy atom. The Morgan fingerprint density at radius 2 is 2.05 bits per heavy atom. The number of carbonyl (C=O) groups is 2. The lowest BCUT2D eigenvalue weighted by Crippen LogP contribution is -2.43. The smallest absolute Gasteiger partial charge is 0.407 e. The van der Waals surface area contributed by atoms with Gasteiger partial charge in [-0.15, -0.1) is 0 Å². The van der Waals surface area contributed by atoms with E-state index in [2.05, 4.69) is 17.0 Å². The van der Waals surface area contributed by atoms with Crippen LogP contribution >= 0.6 is 0 Å². The molecule has 1 aliphatic carbocycles. The van der Waals surface area contributed by atoms with Crippen molar-refractivity contribution in [2.75, 3.05) is 20.2 Å². The van der Waals surface area contributed by atoms with E-state index >= 15 is 0 Å². The van der Waals surface area contributed by atoms with E-state index in [1.165, 1.54) is 7.11 Å². The largest absolute Gasteiger partial charge is 0.453 e. The maximum atomic E-state index is 12.5. The van der Waals surface area contributed by atoms with Gasteiger partial charge >= 0.3 is 6.09 Å². The van der Waals surface area contributed by atoms with Gasteiger partial charge in [-0.05, 0) is 31.6 Å². The van der Waals surface area contributed by atoms with Gasteiger partial charge in [-0.2, -0.15) is 0 Å². The fourth-order valence-electron chi connectivity index (χ4n) is 3.42. The van der Waals surface area contributed by atoms with Gasteiger partial charge in [0.25, 0.3) is 0 Å². The molecule has 0 radical (unpaired) electrons. The number of carbonyl (C=O) groups excluding carboxylic acids is 2. The van der Waals surface area contributed by atoms with Gasteiger partial charge in [0, 0.05) is 25.0 Å². The van der Waals surface area contributed by atoms with Crippen LogP contribution in [0.25, 0.3) is 0 Å². The topological polar surface area (TPSA) is 84.7 Å². The van der Waals surface area contributed by atoms with Gasteiger partial charge in [-0.1, -0.05) is 6.92 Å². The first kappa shape index (κ1) is 15.1. The highest BCUT2D eigenvalue weighted by molar-refractivity contribution is 5.79. The molecule has 1 saturated heterocycles. The number of likely N-dealkylation sites (tertiary alicyclic amines) is 1. The zero-order valence-corrected chi connectivity index (χ0v) is 12.3. The summed E-state index contributed by atoms with van der Waals surface area (Å²) in [6.07, 6.45) is 3.08. The minimum Gasteiger partial charge on any atom is -0.453 e. The zero-order chi connectivity index (χ0) is 14.7. The number of rotatable bonds is 2. The summed E-state index contributed by atoms with van der Waals surface area (Å²) in [7, 11) is 1.35. The summed E-state index contributed by atoms with van der Waals surface area (Å²) >= 11 is 0. The van der Waals surface area contributed by atoms with E-state index in [1.807, 2.05) is 4.90 Å². The number of alkyl carbamates (subject to hydrolysis) is 1. The first-order valence-electron chi connectivity index (χ1n) is 7.38. The fraction of sp³-hybridized carbons (Fsp3) is 0.857. The molecule has 1 heterocycles. The molecule has 2 amide bonds. The van der Waals surface area contributed by atoms with Gasteiger partial charge in [0.1, 0.15) is 0 Å². The van der Waals surface area contributed by atoms with Gasteiger partial charge in [-0.3, -0.25) is 4.79 Å². The average molecular weight is 283 g/mol. The van der Waals surface area contributed by atoms with E-state index in [1.54, 1.807) is 0 Å². The highest BCUT2D eigenvalue weighted by Crippen LogP contribution is 2.30. The van der Waals surface area contributed by atoms with Crippen LogP contribution in [0, 0.1) is 11.8 Å². The van der Waals surface area contributed by atoms with E-state index in [4.69, 9.17) is 5.73 Å². The summed E-state index contributed by atoms with van der Waals surface area (Å²) in [5.41, 5.74) is 6.02. The Balaban J connectivity index is 1.86. The third kappa shape index (κ3) is 3.62. The molecule has 4 atom stereocenters. The number of nitrogens with two attached hydrogens (primary N) is 1. The molecule has 0 aromatic heterocycles. The normalized spacial score (nSPS) is 33.9. The Hall–Kier alpha value is -1.30. The van der Waals surface area contributed by atoms with Crippen molar-refractivity contribution in [2.45, 2.75) is 44.7 Å². The molecule has 0 aromatic carbocycles. The van der Waals surface area contributed by atoms with Crippen molar-refractivity contribution in [3.05, 3.63) is 0 Å². The Bertz CT molecular complexity index is 365. The molecule has 0 spiro atoms. The number of hydrogen-bond acceptors (Lipinski definition) is 4. The van der Waals surface area contributed by atoms with Crippen molar-refractivity contribution in [1.82, 2.24) is 10.2 Å². The minimum absolute atomic E-state index is 0.00101. The first-order valence-corrected chi connectivity index (χ1v) is 7.38. The molecule has 2 aliphatic rings. The van der Waals surface area contributed by atoms with Crippen LogP contribution in [0.1, 0.15) is 32.6 Å². The molecule has 0 bridgehead atoms. The summed E-state index contributed by atoms with van der Waals surface area (Å²) < 4.78 is 4.58. The van der Waals surface area contributed by atoms with E-state index in [-0.39, 0.29) is 23.9 Å². The van der Waals surface area contributed by atoms with E-state index in [0.717, 1.165) is 25.7 Å². The summed E-state index contributed by atoms with van der Waals surface area (Å²) in [5.74, 6) is 0.756. The Kier molecular flexibility index (Phi) is 4.86. The molecule has 1 aliphatic heterocycles. The van der Waals surface area contributed by atoms with Crippen molar-refractivity contribution in [2.24, 2.45) is 17.6 Å². The molecule has 6 heteroatoms. The van der Waals surface area contributed by atoms with Gasteiger partial charge in [0.05, 0.1) is 13.2 Å². The molecule has 6 nitrogen and oxygen atoms in total. The van der Waals surface area contributed by atoms with Gasteiger partial charge < -0.3 is 20.7 Å². The SMILES string of the molecule is COC(=O)NC1CCN(C(=O)C2CC(C)CC(N)C2)C1. The third-order valence-corrected chi connectivity index (χ3v) is 4.34. The molecule has 2 rings (SSSR count). The van der Waals surface area contributed by atoms with Gasteiger partial charge in [-0.25, -0.2) is 4.79 Å². The van der Waals surface area contributed by atoms with E-state index < -0.39 is 6.09 Å². The second-order valence-corrected chi connectivity index (χ2v) is 6.18. The predicted octanol–water partition coefficient (Wildman–Crippen LogP) is 0.707. The predicted molar refractivity (Wildman–Crippen MR) is 75.0 cm³/mol. The number of amides is 2. The minimum atomic E-state index is -0.433. The second kappa shape index (κ2) is 6.43. The lowest BCUT2D eigenvalue weighted by Gasteiger charge is -2.32. The van der Waals surface area contributed by atoms with Crippen LogP contribution < -0.4 is 11.1 Å². The quantitative estimate of drug-likeness (QED) is 0.781. The maximum Gasteiger partial charge on any atom is 0.407 e. The van der Waals surface area contributed by atoms with Crippen LogP contribution in [0.5, 0.6) is 0 Å². The molecule has 1 saturated carbocycles. The lowest BCUT2D eigenvalue weighted by molar-refractivity contribution is -0.136.